The van der Waals surface area contributed by atoms with Crippen molar-refractivity contribution in [2.24, 2.45) is 0 Å². The smallest absolute Gasteiger partial charge is 0.183 e. The fourth-order valence-electron chi connectivity index (χ4n) is 1.25. The first kappa shape index (κ1) is 8.48. The molecule has 1 heterocycles. The molecule has 0 amide bonds. The summed E-state index contributed by atoms with van der Waals surface area (Å²) in [4.78, 5) is 7.63. The van der Waals surface area contributed by atoms with E-state index in [-0.39, 0.29) is 0 Å². The molecule has 1 aliphatic carbocycles. The molecule has 0 saturated heterocycles. The van der Waals surface area contributed by atoms with E-state index in [9.17, 15) is 0 Å². The molecule has 66 valence electrons. The lowest BCUT2D eigenvalue weighted by atomic mass is 10.4. The van der Waals surface area contributed by atoms with Crippen LogP contribution in [-0.2, 0) is 6.54 Å². The number of nitrogens with zero attached hydrogens (tertiary/aromatic N) is 2. The summed E-state index contributed by atoms with van der Waals surface area (Å²) in [5, 5.41) is 0. The van der Waals surface area contributed by atoms with Crippen LogP contribution in [0.15, 0.2) is 6.20 Å². The molecule has 0 radical (unpaired) electrons. The van der Waals surface area contributed by atoms with E-state index in [1.807, 2.05) is 6.20 Å². The molecule has 4 heteroatoms. The van der Waals surface area contributed by atoms with Gasteiger partial charge in [-0.05, 0) is 19.9 Å². The van der Waals surface area contributed by atoms with E-state index in [2.05, 4.69) is 16.9 Å². The van der Waals surface area contributed by atoms with Crippen molar-refractivity contribution in [3.63, 3.8) is 0 Å². The summed E-state index contributed by atoms with van der Waals surface area (Å²) < 4.78 is 0.647. The van der Waals surface area contributed by atoms with E-state index < -0.39 is 0 Å². The molecule has 0 atom stereocenters. The van der Waals surface area contributed by atoms with Crippen LogP contribution in [0.4, 0.5) is 0 Å². The molecule has 1 aromatic rings. The van der Waals surface area contributed by atoms with E-state index in [0.717, 1.165) is 12.6 Å². The quantitative estimate of drug-likeness (QED) is 0.749. The second kappa shape index (κ2) is 3.32. The molecule has 2 rings (SSSR count). The van der Waals surface area contributed by atoms with Gasteiger partial charge >= 0.3 is 0 Å². The van der Waals surface area contributed by atoms with E-state index in [4.69, 9.17) is 11.6 Å². The summed E-state index contributed by atoms with van der Waals surface area (Å²) in [6.45, 7) is 0.995. The van der Waals surface area contributed by atoms with E-state index >= 15 is 0 Å². The molecular weight excluding hydrogens is 192 g/mol. The maximum atomic E-state index is 5.73. The van der Waals surface area contributed by atoms with Gasteiger partial charge in [-0.3, -0.25) is 4.90 Å². The van der Waals surface area contributed by atoms with Crippen LogP contribution in [-0.4, -0.2) is 23.0 Å². The number of hydrogen-bond acceptors (Lipinski definition) is 3. The highest BCUT2D eigenvalue weighted by Gasteiger charge is 2.26. The average molecular weight is 203 g/mol. The zero-order valence-corrected chi connectivity index (χ0v) is 8.53. The molecule has 0 bridgehead atoms. The summed E-state index contributed by atoms with van der Waals surface area (Å²) in [7, 11) is 2.16. The van der Waals surface area contributed by atoms with Gasteiger partial charge in [0, 0.05) is 23.7 Å². The van der Waals surface area contributed by atoms with Crippen LogP contribution in [0.25, 0.3) is 0 Å². The van der Waals surface area contributed by atoms with Gasteiger partial charge < -0.3 is 0 Å². The number of thiazole rings is 1. The van der Waals surface area contributed by atoms with E-state index in [1.54, 1.807) is 11.3 Å². The van der Waals surface area contributed by atoms with Crippen LogP contribution < -0.4 is 0 Å². The van der Waals surface area contributed by atoms with Crippen molar-refractivity contribution in [1.29, 1.82) is 0 Å². The zero-order chi connectivity index (χ0) is 8.55. The van der Waals surface area contributed by atoms with Crippen molar-refractivity contribution in [2.45, 2.75) is 25.4 Å². The van der Waals surface area contributed by atoms with Crippen molar-refractivity contribution < 1.29 is 0 Å². The standard InChI is InChI=1S/C8H11ClN2S/c1-11(6-2-3-6)5-7-4-10-8(9)12-7/h4,6H,2-3,5H2,1H3. The first-order valence-electron chi connectivity index (χ1n) is 4.06. The number of aromatic nitrogens is 1. The normalized spacial score (nSPS) is 17.2. The Morgan fingerprint density at radius 2 is 2.50 bits per heavy atom. The van der Waals surface area contributed by atoms with Crippen molar-refractivity contribution in [3.8, 4) is 0 Å². The molecule has 0 unspecified atom stereocenters. The second-order valence-corrected chi connectivity index (χ2v) is 4.92. The topological polar surface area (TPSA) is 16.1 Å². The molecule has 1 saturated carbocycles. The minimum Gasteiger partial charge on any atom is -0.298 e. The molecule has 0 aromatic carbocycles. The molecule has 1 aliphatic rings. The van der Waals surface area contributed by atoms with Gasteiger partial charge in [0.15, 0.2) is 4.47 Å². The monoisotopic (exact) mass is 202 g/mol. The largest absolute Gasteiger partial charge is 0.298 e. The van der Waals surface area contributed by atoms with Crippen LogP contribution in [0.2, 0.25) is 4.47 Å². The minimum atomic E-state index is 0.647. The Labute approximate surface area is 81.2 Å². The van der Waals surface area contributed by atoms with Gasteiger partial charge in [0.05, 0.1) is 0 Å². The van der Waals surface area contributed by atoms with E-state index in [1.165, 1.54) is 17.7 Å². The molecule has 1 fully saturated rings. The van der Waals surface area contributed by atoms with Crippen molar-refractivity contribution in [2.75, 3.05) is 7.05 Å². The van der Waals surface area contributed by atoms with Gasteiger partial charge in [-0.25, -0.2) is 4.98 Å². The Kier molecular flexibility index (Phi) is 2.35. The van der Waals surface area contributed by atoms with Crippen LogP contribution >= 0.6 is 22.9 Å². The third-order valence-corrected chi connectivity index (χ3v) is 3.20. The summed E-state index contributed by atoms with van der Waals surface area (Å²) >= 11 is 7.30. The Balaban J connectivity index is 1.93. The molecule has 0 spiro atoms. The third-order valence-electron chi connectivity index (χ3n) is 2.10. The number of halogens is 1. The summed E-state index contributed by atoms with van der Waals surface area (Å²) in [5.41, 5.74) is 0. The fraction of sp³-hybridized carbons (Fsp3) is 0.625. The highest BCUT2D eigenvalue weighted by Crippen LogP contribution is 2.28. The zero-order valence-electron chi connectivity index (χ0n) is 6.96. The highest BCUT2D eigenvalue weighted by molar-refractivity contribution is 7.15. The van der Waals surface area contributed by atoms with Gasteiger partial charge in [0.25, 0.3) is 0 Å². The molecular formula is C8H11ClN2S. The van der Waals surface area contributed by atoms with Crippen LogP contribution in [0, 0.1) is 0 Å². The van der Waals surface area contributed by atoms with Gasteiger partial charge in [-0.1, -0.05) is 11.6 Å². The molecule has 0 N–H and O–H groups in total. The summed E-state index contributed by atoms with van der Waals surface area (Å²) in [6.07, 6.45) is 4.57. The molecule has 1 aromatic heterocycles. The van der Waals surface area contributed by atoms with Gasteiger partial charge in [-0.15, -0.1) is 11.3 Å². The van der Waals surface area contributed by atoms with Crippen molar-refractivity contribution in [1.82, 2.24) is 9.88 Å². The Morgan fingerprint density at radius 1 is 1.75 bits per heavy atom. The summed E-state index contributed by atoms with van der Waals surface area (Å²) in [6, 6.07) is 0.811. The van der Waals surface area contributed by atoms with Crippen LogP contribution in [0.3, 0.4) is 0 Å². The molecule has 0 aliphatic heterocycles. The fourth-order valence-corrected chi connectivity index (χ4v) is 2.29. The van der Waals surface area contributed by atoms with Gasteiger partial charge in [0.2, 0.25) is 0 Å². The lowest BCUT2D eigenvalue weighted by molar-refractivity contribution is 0.319. The van der Waals surface area contributed by atoms with Crippen molar-refractivity contribution >= 4 is 22.9 Å². The average Bonchev–Trinajstić information content (AvgIpc) is 2.78. The van der Waals surface area contributed by atoms with Gasteiger partial charge in [-0.2, -0.15) is 0 Å². The maximum absolute atomic E-state index is 5.73. The lowest BCUT2D eigenvalue weighted by Crippen LogP contribution is -2.19. The third kappa shape index (κ3) is 1.97. The lowest BCUT2D eigenvalue weighted by Gasteiger charge is -2.12. The minimum absolute atomic E-state index is 0.647. The number of hydrogen-bond donors (Lipinski definition) is 0. The first-order chi connectivity index (χ1) is 5.75. The van der Waals surface area contributed by atoms with E-state index in [0.29, 0.717) is 4.47 Å². The first-order valence-corrected chi connectivity index (χ1v) is 5.25. The SMILES string of the molecule is CN(Cc1cnc(Cl)s1)C1CC1. The predicted molar refractivity (Wildman–Crippen MR) is 51.6 cm³/mol. The predicted octanol–water partition coefficient (Wildman–Crippen LogP) is 2.39. The Bertz CT molecular complexity index is 270. The number of rotatable bonds is 3. The Hall–Kier alpha value is -0.120. The maximum Gasteiger partial charge on any atom is 0.183 e. The van der Waals surface area contributed by atoms with Gasteiger partial charge in [0.1, 0.15) is 0 Å². The van der Waals surface area contributed by atoms with Crippen molar-refractivity contribution in [3.05, 3.63) is 15.5 Å². The second-order valence-electron chi connectivity index (χ2n) is 3.23. The highest BCUT2D eigenvalue weighted by atomic mass is 35.5. The molecule has 12 heavy (non-hydrogen) atoms. The summed E-state index contributed by atoms with van der Waals surface area (Å²) in [5.74, 6) is 0. The van der Waals surface area contributed by atoms with Crippen LogP contribution in [0.1, 0.15) is 17.7 Å². The Morgan fingerprint density at radius 3 is 3.00 bits per heavy atom. The molecule has 2 nitrogen and oxygen atoms in total. The van der Waals surface area contributed by atoms with Crippen LogP contribution in [0.5, 0.6) is 0 Å².